The molecule has 156 valence electrons. The van der Waals surface area contributed by atoms with Gasteiger partial charge >= 0.3 is 0 Å². The minimum absolute atomic E-state index is 0.0142. The van der Waals surface area contributed by atoms with E-state index in [0.29, 0.717) is 29.1 Å². The van der Waals surface area contributed by atoms with Gasteiger partial charge in [-0.05, 0) is 37.5 Å². The molecule has 2 heterocycles. The highest BCUT2D eigenvalue weighted by Gasteiger charge is 2.20. The number of hydrogen-bond acceptors (Lipinski definition) is 5. The lowest BCUT2D eigenvalue weighted by Gasteiger charge is -2.16. The summed E-state index contributed by atoms with van der Waals surface area (Å²) >= 11 is 1.29. The van der Waals surface area contributed by atoms with E-state index in [2.05, 4.69) is 10.3 Å². The van der Waals surface area contributed by atoms with Crippen LogP contribution in [0, 0.1) is 6.92 Å². The second-order valence-corrected chi connectivity index (χ2v) is 8.46. The zero-order valence-corrected chi connectivity index (χ0v) is 17.8. The standard InChI is InChI=1S/C23H25N3O3S/c1-16-8-10-17(11-9-16)13-24-21(27)15-30-23-25-20-7-3-2-6-19(20)22(28)26(23)14-18-5-4-12-29-18/h2-3,6-11,18H,4-5,12-15H2,1H3,(H,24,27)/t18-/m0/s1. The topological polar surface area (TPSA) is 73.2 Å². The molecule has 1 aromatic heterocycles. The molecule has 2 aromatic carbocycles. The molecule has 1 N–H and O–H groups in total. The van der Waals surface area contributed by atoms with E-state index in [9.17, 15) is 9.59 Å². The maximum absolute atomic E-state index is 13.1. The van der Waals surface area contributed by atoms with Gasteiger partial charge in [0.2, 0.25) is 5.91 Å². The molecular weight excluding hydrogens is 398 g/mol. The summed E-state index contributed by atoms with van der Waals surface area (Å²) in [5, 5.41) is 4.08. The number of amides is 1. The Bertz CT molecular complexity index is 1090. The van der Waals surface area contributed by atoms with Crippen LogP contribution in [0.3, 0.4) is 0 Å². The summed E-state index contributed by atoms with van der Waals surface area (Å²) in [5.74, 6) is 0.106. The Labute approximate surface area is 179 Å². The maximum atomic E-state index is 13.1. The summed E-state index contributed by atoms with van der Waals surface area (Å²) in [6.07, 6.45) is 1.95. The van der Waals surface area contributed by atoms with Gasteiger partial charge < -0.3 is 10.1 Å². The van der Waals surface area contributed by atoms with E-state index < -0.39 is 0 Å². The SMILES string of the molecule is Cc1ccc(CNC(=O)CSc2nc3ccccc3c(=O)n2C[C@@H]2CCCO2)cc1. The molecule has 3 aromatic rings. The molecule has 1 amide bonds. The first-order valence-electron chi connectivity index (χ1n) is 10.2. The summed E-state index contributed by atoms with van der Waals surface area (Å²) in [4.78, 5) is 30.1. The van der Waals surface area contributed by atoms with Crippen molar-refractivity contribution in [3.8, 4) is 0 Å². The number of para-hydroxylation sites is 1. The fraction of sp³-hybridized carbons (Fsp3) is 0.348. The first-order chi connectivity index (χ1) is 14.6. The van der Waals surface area contributed by atoms with Crippen molar-refractivity contribution in [3.05, 3.63) is 70.0 Å². The van der Waals surface area contributed by atoms with Crippen molar-refractivity contribution in [2.75, 3.05) is 12.4 Å². The average molecular weight is 424 g/mol. The molecule has 1 saturated heterocycles. The molecule has 4 rings (SSSR count). The molecule has 1 aliphatic rings. The van der Waals surface area contributed by atoms with Gasteiger partial charge in [-0.1, -0.05) is 53.7 Å². The third-order valence-corrected chi connectivity index (χ3v) is 6.16. The lowest BCUT2D eigenvalue weighted by atomic mass is 10.1. The number of rotatable bonds is 7. The van der Waals surface area contributed by atoms with Crippen molar-refractivity contribution >= 4 is 28.6 Å². The smallest absolute Gasteiger partial charge is 0.262 e. The zero-order valence-electron chi connectivity index (χ0n) is 17.0. The summed E-state index contributed by atoms with van der Waals surface area (Å²) in [5.41, 5.74) is 2.80. The monoisotopic (exact) mass is 423 g/mol. The number of thioether (sulfide) groups is 1. The van der Waals surface area contributed by atoms with Crippen molar-refractivity contribution in [1.82, 2.24) is 14.9 Å². The van der Waals surface area contributed by atoms with E-state index in [-0.39, 0.29) is 23.3 Å². The number of ether oxygens (including phenoxy) is 1. The van der Waals surface area contributed by atoms with Crippen molar-refractivity contribution in [3.63, 3.8) is 0 Å². The summed E-state index contributed by atoms with van der Waals surface area (Å²) in [7, 11) is 0. The minimum atomic E-state index is -0.0911. The van der Waals surface area contributed by atoms with E-state index >= 15 is 0 Å². The van der Waals surface area contributed by atoms with Crippen LogP contribution in [0.1, 0.15) is 24.0 Å². The van der Waals surface area contributed by atoms with Gasteiger partial charge in [0, 0.05) is 13.2 Å². The number of carbonyl (C=O) groups excluding carboxylic acids is 1. The minimum Gasteiger partial charge on any atom is -0.376 e. The van der Waals surface area contributed by atoms with Gasteiger partial charge in [0.1, 0.15) is 0 Å². The Morgan fingerprint density at radius 1 is 1.23 bits per heavy atom. The van der Waals surface area contributed by atoms with Crippen LogP contribution in [0.4, 0.5) is 0 Å². The van der Waals surface area contributed by atoms with Gasteiger partial charge in [0.15, 0.2) is 5.16 Å². The van der Waals surface area contributed by atoms with Gasteiger partial charge in [-0.3, -0.25) is 14.2 Å². The summed E-state index contributed by atoms with van der Waals surface area (Å²) < 4.78 is 7.39. The highest BCUT2D eigenvalue weighted by Crippen LogP contribution is 2.21. The molecule has 0 bridgehead atoms. The molecule has 0 unspecified atom stereocenters. The lowest BCUT2D eigenvalue weighted by Crippen LogP contribution is -2.30. The molecule has 7 heteroatoms. The van der Waals surface area contributed by atoms with Crippen molar-refractivity contribution in [2.45, 2.75) is 44.1 Å². The van der Waals surface area contributed by atoms with Gasteiger partial charge in [-0.15, -0.1) is 0 Å². The van der Waals surface area contributed by atoms with Gasteiger partial charge in [0.25, 0.3) is 5.56 Å². The van der Waals surface area contributed by atoms with E-state index in [1.54, 1.807) is 10.6 Å². The van der Waals surface area contributed by atoms with Crippen LogP contribution in [-0.2, 0) is 22.6 Å². The Morgan fingerprint density at radius 2 is 2.03 bits per heavy atom. The largest absolute Gasteiger partial charge is 0.376 e. The second kappa shape index (κ2) is 9.45. The quantitative estimate of drug-likeness (QED) is 0.466. The third kappa shape index (κ3) is 4.91. The maximum Gasteiger partial charge on any atom is 0.262 e. The molecule has 0 spiro atoms. The number of nitrogens with zero attached hydrogens (tertiary/aromatic N) is 2. The molecule has 6 nitrogen and oxygen atoms in total. The predicted molar refractivity (Wildman–Crippen MR) is 119 cm³/mol. The average Bonchev–Trinajstić information content (AvgIpc) is 3.27. The number of hydrogen-bond donors (Lipinski definition) is 1. The highest BCUT2D eigenvalue weighted by atomic mass is 32.2. The number of aryl methyl sites for hydroxylation is 1. The van der Waals surface area contributed by atoms with E-state index in [0.717, 1.165) is 25.0 Å². The van der Waals surface area contributed by atoms with Crippen LogP contribution >= 0.6 is 11.8 Å². The van der Waals surface area contributed by atoms with Crippen LogP contribution < -0.4 is 10.9 Å². The van der Waals surface area contributed by atoms with Crippen molar-refractivity contribution < 1.29 is 9.53 Å². The third-order valence-electron chi connectivity index (χ3n) is 5.18. The second-order valence-electron chi connectivity index (χ2n) is 7.51. The fourth-order valence-corrected chi connectivity index (χ4v) is 4.34. The van der Waals surface area contributed by atoms with Gasteiger partial charge in [-0.2, -0.15) is 0 Å². The molecular formula is C23H25N3O3S. The molecule has 1 fully saturated rings. The molecule has 0 saturated carbocycles. The molecule has 1 atom stereocenters. The van der Waals surface area contributed by atoms with Crippen LogP contribution in [0.25, 0.3) is 10.9 Å². The molecule has 1 aliphatic heterocycles. The highest BCUT2D eigenvalue weighted by molar-refractivity contribution is 7.99. The van der Waals surface area contributed by atoms with Crippen LogP contribution in [0.5, 0.6) is 0 Å². The molecule has 30 heavy (non-hydrogen) atoms. The van der Waals surface area contributed by atoms with Crippen LogP contribution in [0.2, 0.25) is 0 Å². The fourth-order valence-electron chi connectivity index (χ4n) is 3.50. The number of nitrogens with one attached hydrogen (secondary N) is 1. The van der Waals surface area contributed by atoms with Crippen molar-refractivity contribution in [2.24, 2.45) is 0 Å². The Kier molecular flexibility index (Phi) is 6.50. The Hall–Kier alpha value is -2.64. The molecule has 0 radical (unpaired) electrons. The zero-order chi connectivity index (χ0) is 20.9. The normalized spacial score (nSPS) is 16.1. The Balaban J connectivity index is 1.48. The van der Waals surface area contributed by atoms with E-state index in [4.69, 9.17) is 4.74 Å². The Morgan fingerprint density at radius 3 is 2.80 bits per heavy atom. The molecule has 0 aliphatic carbocycles. The summed E-state index contributed by atoms with van der Waals surface area (Å²) in [6, 6.07) is 15.4. The van der Waals surface area contributed by atoms with E-state index in [1.165, 1.54) is 17.3 Å². The van der Waals surface area contributed by atoms with E-state index in [1.807, 2.05) is 49.4 Å². The number of aromatic nitrogens is 2. The van der Waals surface area contributed by atoms with Crippen LogP contribution in [-0.4, -0.2) is 33.9 Å². The number of benzene rings is 2. The predicted octanol–water partition coefficient (Wildman–Crippen LogP) is 3.29. The number of carbonyl (C=O) groups is 1. The van der Waals surface area contributed by atoms with Gasteiger partial charge in [0.05, 0.1) is 29.3 Å². The van der Waals surface area contributed by atoms with Crippen molar-refractivity contribution in [1.29, 1.82) is 0 Å². The number of fused-ring (bicyclic) bond motifs is 1. The van der Waals surface area contributed by atoms with Crippen LogP contribution in [0.15, 0.2) is 58.5 Å². The van der Waals surface area contributed by atoms with Gasteiger partial charge in [-0.25, -0.2) is 4.98 Å². The lowest BCUT2D eigenvalue weighted by molar-refractivity contribution is -0.118. The first kappa shape index (κ1) is 20.6. The summed E-state index contributed by atoms with van der Waals surface area (Å²) in [6.45, 7) is 3.70. The first-order valence-corrected chi connectivity index (χ1v) is 11.1.